The molecule has 1 aromatic rings. The zero-order valence-electron chi connectivity index (χ0n) is 44.3. The molecule has 29 nitrogen and oxygen atoms in total. The van der Waals surface area contributed by atoms with Gasteiger partial charge in [0.15, 0.2) is 0 Å². The summed E-state index contributed by atoms with van der Waals surface area (Å²) in [7, 11) is 0. The van der Waals surface area contributed by atoms with Gasteiger partial charge in [-0.15, -0.1) is 0 Å². The molecule has 0 saturated heterocycles. The molecule has 0 bridgehead atoms. The Bertz CT molecular complexity index is 2070. The van der Waals surface area contributed by atoms with Crippen molar-refractivity contribution in [1.29, 1.82) is 0 Å². The maximum Gasteiger partial charge on any atom is 0.326 e. The number of nitrogens with two attached hydrogens (primary N) is 3. The summed E-state index contributed by atoms with van der Waals surface area (Å²) in [6, 6.07) is -12.9. The summed E-state index contributed by atoms with van der Waals surface area (Å²) in [6.07, 6.45) is 1.23. The Morgan fingerprint density at radius 3 is 1.43 bits per heavy atom. The van der Waals surface area contributed by atoms with Crippen LogP contribution in [0.5, 0.6) is 0 Å². The smallest absolute Gasteiger partial charge is 0.326 e. The van der Waals surface area contributed by atoms with Gasteiger partial charge in [0.2, 0.25) is 53.2 Å². The van der Waals surface area contributed by atoms with E-state index < -0.39 is 169 Å². The number of imidazole rings is 1. The van der Waals surface area contributed by atoms with E-state index in [9.17, 15) is 73.2 Å². The van der Waals surface area contributed by atoms with Crippen LogP contribution in [0, 0.1) is 17.8 Å². The number of rotatable bonds is 37. The molecular weight excluding hydrogens is 1000 g/mol. The highest BCUT2D eigenvalue weighted by Gasteiger charge is 2.37. The molecule has 0 unspecified atom stereocenters. The number of nitrogens with zero attached hydrogens (tertiary/aromatic N) is 1. The monoisotopic (exact) mass is 1080 g/mol. The number of hydrogen-bond acceptors (Lipinski definition) is 17. The Hall–Kier alpha value is -6.82. The fourth-order valence-corrected chi connectivity index (χ4v) is 7.29. The van der Waals surface area contributed by atoms with Gasteiger partial charge in [0.1, 0.15) is 54.4 Å². The van der Waals surface area contributed by atoms with Crippen molar-refractivity contribution < 1.29 is 73.2 Å². The van der Waals surface area contributed by atoms with E-state index in [4.69, 9.17) is 17.2 Å². The van der Waals surface area contributed by atoms with Crippen LogP contribution in [0.1, 0.15) is 106 Å². The fraction of sp³-hybridized carbons (Fsp3) is 0.702. The van der Waals surface area contributed by atoms with Crippen LogP contribution in [0.3, 0.4) is 0 Å². The second-order valence-corrected chi connectivity index (χ2v) is 19.3. The lowest BCUT2D eigenvalue weighted by Gasteiger charge is -2.30. The van der Waals surface area contributed by atoms with Crippen molar-refractivity contribution in [2.45, 2.75) is 167 Å². The topological polar surface area (TPSA) is 484 Å². The van der Waals surface area contributed by atoms with Crippen LogP contribution in [-0.2, 0) is 59.2 Å². The highest BCUT2D eigenvalue weighted by molar-refractivity contribution is 5.98. The van der Waals surface area contributed by atoms with Gasteiger partial charge in [0.05, 0.1) is 31.3 Å². The number of H-pyrrole nitrogens is 1. The Kier molecular flexibility index (Phi) is 30.7. The predicted molar refractivity (Wildman–Crippen MR) is 272 cm³/mol. The first-order valence-corrected chi connectivity index (χ1v) is 25.3. The van der Waals surface area contributed by atoms with E-state index in [2.05, 4.69) is 57.8 Å². The van der Waals surface area contributed by atoms with Gasteiger partial charge in [-0.1, -0.05) is 41.5 Å². The van der Waals surface area contributed by atoms with Crippen molar-refractivity contribution in [3.8, 4) is 0 Å². The lowest BCUT2D eigenvalue weighted by atomic mass is 9.98. The molecule has 1 rings (SSSR count). The van der Waals surface area contributed by atoms with Crippen LogP contribution in [0.15, 0.2) is 12.5 Å². The van der Waals surface area contributed by atoms with Crippen molar-refractivity contribution in [3.05, 3.63) is 18.2 Å². The summed E-state index contributed by atoms with van der Waals surface area (Å²) in [6.45, 7) is 9.71. The molecule has 1 aromatic heterocycles. The summed E-state index contributed by atoms with van der Waals surface area (Å²) < 4.78 is 0. The lowest BCUT2D eigenvalue weighted by Crippen LogP contribution is -2.62. The van der Waals surface area contributed by atoms with E-state index in [1.54, 1.807) is 41.5 Å². The number of nitrogens with one attached hydrogen (secondary N) is 10. The summed E-state index contributed by atoms with van der Waals surface area (Å²) in [5, 5.41) is 61.1. The van der Waals surface area contributed by atoms with E-state index in [1.165, 1.54) is 19.4 Å². The number of aromatic amines is 1. The molecule has 9 amide bonds. The molecule has 29 heteroatoms. The number of unbranched alkanes of at least 4 members (excludes halogenated alkanes) is 2. The molecule has 0 radical (unpaired) electrons. The van der Waals surface area contributed by atoms with Crippen molar-refractivity contribution in [3.63, 3.8) is 0 Å². The maximum atomic E-state index is 14.1. The molecule has 10 atom stereocenters. The van der Waals surface area contributed by atoms with Crippen molar-refractivity contribution in [2.75, 3.05) is 26.2 Å². The molecule has 0 aromatic carbocycles. The SMILES string of the molecule is CC(C)[C@H](NC(=O)CNC(=O)[C@H](Cc1c[nH]cn1)NC(=O)[C@@H](NC(=O)[C@@H](NC(=O)[C@H](CCC(=O)O)NC(=O)[C@H](CCCCN)NC(=O)[C@@H](NC(=O)[C@H](CCCCN)NC(=O)[C@@H](N)CO)[C@@H](C)O)C(C)C)C(C)C)C(=O)O. The number of carboxylic acid groups (broad SMARTS) is 2. The predicted octanol–water partition coefficient (Wildman–Crippen LogP) is -5.18. The van der Waals surface area contributed by atoms with Gasteiger partial charge in [0.25, 0.3) is 0 Å². The van der Waals surface area contributed by atoms with Gasteiger partial charge in [-0.3, -0.25) is 47.9 Å². The molecule has 430 valence electrons. The first kappa shape index (κ1) is 67.2. The van der Waals surface area contributed by atoms with Gasteiger partial charge >= 0.3 is 11.9 Å². The van der Waals surface area contributed by atoms with Crippen molar-refractivity contribution >= 4 is 65.1 Å². The number of aliphatic hydroxyl groups excluding tert-OH is 2. The van der Waals surface area contributed by atoms with E-state index in [1.807, 2.05) is 0 Å². The number of carboxylic acids is 2. The Labute approximate surface area is 441 Å². The van der Waals surface area contributed by atoms with Crippen LogP contribution in [-0.4, -0.2) is 182 Å². The second kappa shape index (κ2) is 34.7. The molecular formula is C47H82N14O15. The third-order valence-corrected chi connectivity index (χ3v) is 11.8. The van der Waals surface area contributed by atoms with Crippen LogP contribution < -0.4 is 65.1 Å². The molecule has 0 saturated carbocycles. The quantitative estimate of drug-likeness (QED) is 0.0277. The summed E-state index contributed by atoms with van der Waals surface area (Å²) in [5.74, 6) is -12.7. The Balaban J connectivity index is 3.41. The van der Waals surface area contributed by atoms with E-state index in [0.717, 1.165) is 0 Å². The lowest BCUT2D eigenvalue weighted by molar-refractivity contribution is -0.143. The highest BCUT2D eigenvalue weighted by Crippen LogP contribution is 2.12. The minimum absolute atomic E-state index is 0.0367. The standard InChI is InChI=1S/C47H82N14O15/c1-23(2)35(44(72)57-32(18-27-19-51-22-53-27)40(68)52-20-33(64)58-37(25(5)6)47(75)76)60-45(73)36(24(3)4)59-43(71)31(14-15-34(65)66)55-41(69)29(12-8-10-16-48)56-46(74)38(26(7)63)61-42(70)30(13-9-11-17-49)54-39(67)28(50)21-62/h19,22-26,28-32,35-38,62-63H,8-18,20-21,48-50H2,1-7H3,(H,51,53)(H,52,68)(H,54,67)(H,55,69)(H,56,74)(H,57,72)(H,58,64)(H,59,71)(H,60,73)(H,61,70)(H,65,66)(H,75,76)/t26-,28+,29+,30+,31+,32+,35+,36+,37+,38+/m1/s1. The summed E-state index contributed by atoms with van der Waals surface area (Å²) in [4.78, 5) is 152. The molecule has 0 spiro atoms. The first-order valence-electron chi connectivity index (χ1n) is 25.3. The number of hydrogen-bond donors (Lipinski definition) is 17. The van der Waals surface area contributed by atoms with Crippen molar-refractivity contribution in [2.24, 2.45) is 35.0 Å². The minimum Gasteiger partial charge on any atom is -0.481 e. The normalized spacial score (nSPS) is 15.2. The van der Waals surface area contributed by atoms with E-state index in [0.29, 0.717) is 25.0 Å². The van der Waals surface area contributed by atoms with Crippen LogP contribution >= 0.6 is 0 Å². The molecule has 76 heavy (non-hydrogen) atoms. The molecule has 0 aliphatic carbocycles. The van der Waals surface area contributed by atoms with Gasteiger partial charge in [-0.2, -0.15) is 0 Å². The van der Waals surface area contributed by atoms with Gasteiger partial charge in [-0.05, 0) is 82.7 Å². The number of aliphatic hydroxyl groups is 2. The molecule has 0 fully saturated rings. The zero-order valence-corrected chi connectivity index (χ0v) is 44.3. The van der Waals surface area contributed by atoms with E-state index in [-0.39, 0.29) is 38.8 Å². The van der Waals surface area contributed by atoms with Crippen LogP contribution in [0.25, 0.3) is 0 Å². The van der Waals surface area contributed by atoms with Crippen molar-refractivity contribution in [1.82, 2.24) is 57.8 Å². The number of aromatic nitrogens is 2. The van der Waals surface area contributed by atoms with Gasteiger partial charge < -0.3 is 90.5 Å². The second-order valence-electron chi connectivity index (χ2n) is 19.3. The average Bonchev–Trinajstić information content (AvgIpc) is 3.87. The van der Waals surface area contributed by atoms with Gasteiger partial charge in [0, 0.05) is 19.0 Å². The summed E-state index contributed by atoms with van der Waals surface area (Å²) in [5.41, 5.74) is 17.2. The molecule has 0 aliphatic rings. The largest absolute Gasteiger partial charge is 0.481 e. The van der Waals surface area contributed by atoms with Gasteiger partial charge in [-0.25, -0.2) is 9.78 Å². The minimum atomic E-state index is -1.71. The molecule has 20 N–H and O–H groups in total. The maximum absolute atomic E-state index is 14.1. The highest BCUT2D eigenvalue weighted by atomic mass is 16.4. The Morgan fingerprint density at radius 1 is 0.553 bits per heavy atom. The molecule has 0 aliphatic heterocycles. The van der Waals surface area contributed by atoms with Crippen LogP contribution in [0.2, 0.25) is 0 Å². The van der Waals surface area contributed by atoms with Crippen LogP contribution in [0.4, 0.5) is 0 Å². The zero-order chi connectivity index (χ0) is 57.8. The number of aliphatic carboxylic acids is 2. The number of carbonyl (C=O) groups is 11. The third-order valence-electron chi connectivity index (χ3n) is 11.8. The first-order chi connectivity index (χ1) is 35.7. The number of carbonyl (C=O) groups excluding carboxylic acids is 9. The average molecular weight is 1080 g/mol. The Morgan fingerprint density at radius 2 is 0.987 bits per heavy atom. The van der Waals surface area contributed by atoms with E-state index >= 15 is 0 Å². The molecule has 1 heterocycles. The third kappa shape index (κ3) is 24.2. The summed E-state index contributed by atoms with van der Waals surface area (Å²) >= 11 is 0. The number of amides is 9. The fourth-order valence-electron chi connectivity index (χ4n) is 7.29.